The van der Waals surface area contributed by atoms with Crippen molar-refractivity contribution < 1.29 is 9.47 Å². The van der Waals surface area contributed by atoms with Crippen molar-refractivity contribution in [1.82, 2.24) is 0 Å². The van der Waals surface area contributed by atoms with Gasteiger partial charge in [-0.1, -0.05) is 13.8 Å². The number of rotatable bonds is 7. The zero-order valence-corrected chi connectivity index (χ0v) is 9.86. The van der Waals surface area contributed by atoms with Gasteiger partial charge in [0, 0.05) is 14.2 Å². The van der Waals surface area contributed by atoms with Gasteiger partial charge >= 0.3 is 0 Å². The summed E-state index contributed by atoms with van der Waals surface area (Å²) in [6.07, 6.45) is 2.05. The largest absolute Gasteiger partial charge is 0.383 e. The van der Waals surface area contributed by atoms with Gasteiger partial charge in [0.15, 0.2) is 0 Å². The van der Waals surface area contributed by atoms with Crippen molar-refractivity contribution in [2.75, 3.05) is 27.4 Å². The van der Waals surface area contributed by atoms with Crippen LogP contribution >= 0.6 is 11.6 Å². The third-order valence-electron chi connectivity index (χ3n) is 1.98. The topological polar surface area (TPSA) is 18.5 Å². The highest BCUT2D eigenvalue weighted by Gasteiger charge is 2.27. The van der Waals surface area contributed by atoms with Gasteiger partial charge in [-0.05, 0) is 18.8 Å². The number of alkyl halides is 1. The van der Waals surface area contributed by atoms with E-state index >= 15 is 0 Å². The molecule has 0 saturated carbocycles. The van der Waals surface area contributed by atoms with E-state index in [2.05, 4.69) is 13.8 Å². The molecule has 0 aromatic rings. The minimum Gasteiger partial charge on any atom is -0.383 e. The highest BCUT2D eigenvalue weighted by atomic mass is 35.5. The Hall–Kier alpha value is 0.210. The van der Waals surface area contributed by atoms with Crippen molar-refractivity contribution in [3.8, 4) is 0 Å². The maximum atomic E-state index is 6.33. The quantitative estimate of drug-likeness (QED) is 0.599. The lowest BCUT2D eigenvalue weighted by Crippen LogP contribution is -2.33. The highest BCUT2D eigenvalue weighted by molar-refractivity contribution is 6.24. The highest BCUT2D eigenvalue weighted by Crippen LogP contribution is 2.24. The summed E-state index contributed by atoms with van der Waals surface area (Å²) >= 11 is 6.33. The van der Waals surface area contributed by atoms with Crippen molar-refractivity contribution in [2.24, 2.45) is 5.92 Å². The first kappa shape index (κ1) is 13.2. The molecule has 13 heavy (non-hydrogen) atoms. The van der Waals surface area contributed by atoms with E-state index in [4.69, 9.17) is 21.1 Å². The van der Waals surface area contributed by atoms with Crippen LogP contribution in [-0.2, 0) is 9.47 Å². The molecule has 0 aliphatic carbocycles. The fourth-order valence-corrected chi connectivity index (χ4v) is 1.58. The normalized spacial score (nSPS) is 12.5. The fourth-order valence-electron chi connectivity index (χ4n) is 1.25. The van der Waals surface area contributed by atoms with Crippen LogP contribution in [0.5, 0.6) is 0 Å². The first-order valence-corrected chi connectivity index (χ1v) is 5.08. The van der Waals surface area contributed by atoms with E-state index in [0.29, 0.717) is 19.1 Å². The molecule has 0 rings (SSSR count). The Morgan fingerprint density at radius 3 is 1.92 bits per heavy atom. The van der Waals surface area contributed by atoms with Crippen LogP contribution in [-0.4, -0.2) is 32.3 Å². The van der Waals surface area contributed by atoms with Gasteiger partial charge in [-0.3, -0.25) is 0 Å². The predicted molar refractivity (Wildman–Crippen MR) is 56.4 cm³/mol. The number of methoxy groups -OCH3 is 2. The maximum Gasteiger partial charge on any atom is 0.0911 e. The summed E-state index contributed by atoms with van der Waals surface area (Å²) in [5.74, 6) is 0.673. The van der Waals surface area contributed by atoms with Crippen LogP contribution in [0.4, 0.5) is 0 Å². The molecular weight excluding hydrogens is 188 g/mol. The van der Waals surface area contributed by atoms with Gasteiger partial charge in [0.05, 0.1) is 18.1 Å². The molecule has 0 radical (unpaired) electrons. The Kier molecular flexibility index (Phi) is 6.74. The lowest BCUT2D eigenvalue weighted by molar-refractivity contribution is 0.0928. The zero-order chi connectivity index (χ0) is 10.3. The van der Waals surface area contributed by atoms with Gasteiger partial charge in [0.2, 0.25) is 0 Å². The summed E-state index contributed by atoms with van der Waals surface area (Å²) in [6, 6.07) is 0. The van der Waals surface area contributed by atoms with Crippen LogP contribution in [0.1, 0.15) is 26.7 Å². The molecule has 0 unspecified atom stereocenters. The molecule has 0 amide bonds. The van der Waals surface area contributed by atoms with Crippen LogP contribution in [0.15, 0.2) is 0 Å². The molecule has 0 heterocycles. The van der Waals surface area contributed by atoms with E-state index in [1.54, 1.807) is 14.2 Å². The van der Waals surface area contributed by atoms with E-state index in [-0.39, 0.29) is 4.87 Å². The molecule has 0 aliphatic heterocycles. The Bertz CT molecular complexity index is 120. The first-order chi connectivity index (χ1) is 6.04. The number of ether oxygens (including phenoxy) is 2. The Morgan fingerprint density at radius 2 is 1.62 bits per heavy atom. The Balaban J connectivity index is 3.91. The average molecular weight is 209 g/mol. The van der Waals surface area contributed by atoms with Crippen molar-refractivity contribution in [3.63, 3.8) is 0 Å². The summed E-state index contributed by atoms with van der Waals surface area (Å²) in [4.78, 5) is -0.340. The lowest BCUT2D eigenvalue weighted by Gasteiger charge is -2.26. The standard InChI is InChI=1S/C10H21ClO2/c1-9(2)5-6-10(11,7-12-3)8-13-4/h9H,5-8H2,1-4H3. The van der Waals surface area contributed by atoms with Crippen LogP contribution < -0.4 is 0 Å². The van der Waals surface area contributed by atoms with E-state index < -0.39 is 0 Å². The summed E-state index contributed by atoms with van der Waals surface area (Å²) in [6.45, 7) is 5.48. The van der Waals surface area contributed by atoms with Crippen molar-refractivity contribution in [3.05, 3.63) is 0 Å². The third kappa shape index (κ3) is 6.30. The maximum absolute atomic E-state index is 6.33. The van der Waals surface area contributed by atoms with Gasteiger partial charge in [-0.2, -0.15) is 0 Å². The molecule has 0 fully saturated rings. The predicted octanol–water partition coefficient (Wildman–Crippen LogP) is 2.69. The van der Waals surface area contributed by atoms with Crippen molar-refractivity contribution >= 4 is 11.6 Å². The monoisotopic (exact) mass is 208 g/mol. The summed E-state index contributed by atoms with van der Waals surface area (Å²) in [5.41, 5.74) is 0. The van der Waals surface area contributed by atoms with E-state index in [1.165, 1.54) is 0 Å². The first-order valence-electron chi connectivity index (χ1n) is 4.71. The van der Waals surface area contributed by atoms with Gasteiger partial charge in [-0.15, -0.1) is 11.6 Å². The SMILES string of the molecule is COCC(Cl)(CCC(C)C)COC. The number of hydrogen-bond acceptors (Lipinski definition) is 2. The molecule has 3 heteroatoms. The molecule has 0 spiro atoms. The minimum atomic E-state index is -0.340. The van der Waals surface area contributed by atoms with E-state index in [0.717, 1.165) is 12.8 Å². The van der Waals surface area contributed by atoms with E-state index in [9.17, 15) is 0 Å². The van der Waals surface area contributed by atoms with Crippen molar-refractivity contribution in [1.29, 1.82) is 0 Å². The third-order valence-corrected chi connectivity index (χ3v) is 2.38. The zero-order valence-electron chi connectivity index (χ0n) is 9.10. The molecule has 0 N–H and O–H groups in total. The van der Waals surface area contributed by atoms with Crippen LogP contribution in [0.25, 0.3) is 0 Å². The van der Waals surface area contributed by atoms with Crippen LogP contribution in [0, 0.1) is 5.92 Å². The molecular formula is C10H21ClO2. The number of hydrogen-bond donors (Lipinski definition) is 0. The second-order valence-corrected chi connectivity index (χ2v) is 4.75. The Labute approximate surface area is 86.6 Å². The number of halogens is 1. The summed E-state index contributed by atoms with van der Waals surface area (Å²) in [7, 11) is 3.34. The summed E-state index contributed by atoms with van der Waals surface area (Å²) in [5, 5.41) is 0. The molecule has 0 aliphatic rings. The van der Waals surface area contributed by atoms with Crippen LogP contribution in [0.3, 0.4) is 0 Å². The molecule has 80 valence electrons. The fraction of sp³-hybridized carbons (Fsp3) is 1.00. The summed E-state index contributed by atoms with van der Waals surface area (Å²) < 4.78 is 10.2. The second-order valence-electron chi connectivity index (χ2n) is 3.95. The van der Waals surface area contributed by atoms with E-state index in [1.807, 2.05) is 0 Å². The minimum absolute atomic E-state index is 0.340. The Morgan fingerprint density at radius 1 is 1.15 bits per heavy atom. The van der Waals surface area contributed by atoms with Crippen molar-refractivity contribution in [2.45, 2.75) is 31.6 Å². The smallest absolute Gasteiger partial charge is 0.0911 e. The lowest BCUT2D eigenvalue weighted by atomic mass is 9.98. The average Bonchev–Trinajstić information content (AvgIpc) is 2.02. The second kappa shape index (κ2) is 6.63. The van der Waals surface area contributed by atoms with Gasteiger partial charge < -0.3 is 9.47 Å². The molecule has 0 bridgehead atoms. The van der Waals surface area contributed by atoms with Crippen LogP contribution in [0.2, 0.25) is 0 Å². The molecule has 0 aromatic carbocycles. The molecule has 0 atom stereocenters. The van der Waals surface area contributed by atoms with Gasteiger partial charge in [0.1, 0.15) is 0 Å². The van der Waals surface area contributed by atoms with Gasteiger partial charge in [0.25, 0.3) is 0 Å². The molecule has 0 aromatic heterocycles. The molecule has 2 nitrogen and oxygen atoms in total. The molecule has 0 saturated heterocycles. The van der Waals surface area contributed by atoms with Gasteiger partial charge in [-0.25, -0.2) is 0 Å².